The van der Waals surface area contributed by atoms with Gasteiger partial charge >= 0.3 is 28.7 Å². The molecule has 21 heavy (non-hydrogen) atoms. The SMILES string of the molecule is FC(C(F)(F)F)C(F)(OCC(F)(F)F)C(F)(Cl)C(F)(F)Cl. The molecule has 128 valence electrons. The van der Waals surface area contributed by atoms with Gasteiger partial charge in [-0.2, -0.15) is 35.1 Å². The molecule has 1 nitrogen and oxygen atoms in total. The minimum Gasteiger partial charge on any atom is -0.330 e. The zero-order chi connectivity index (χ0) is 17.5. The van der Waals surface area contributed by atoms with Crippen LogP contribution >= 0.6 is 23.2 Å². The number of hydrogen-bond acceptors (Lipinski definition) is 1. The van der Waals surface area contributed by atoms with Crippen LogP contribution in [0.4, 0.5) is 48.3 Å². The smallest absolute Gasteiger partial charge is 0.330 e. The van der Waals surface area contributed by atoms with Crippen LogP contribution in [-0.4, -0.2) is 41.5 Å². The lowest BCUT2D eigenvalue weighted by atomic mass is 10.1. The van der Waals surface area contributed by atoms with Crippen molar-refractivity contribution in [1.82, 2.24) is 0 Å². The first-order valence-corrected chi connectivity index (χ1v) is 5.17. The fourth-order valence-corrected chi connectivity index (χ4v) is 1.19. The summed E-state index contributed by atoms with van der Waals surface area (Å²) in [5, 5.41) is -11.5. The third kappa shape index (κ3) is 4.62. The molecule has 0 bridgehead atoms. The van der Waals surface area contributed by atoms with Crippen LogP contribution in [0.5, 0.6) is 0 Å². The summed E-state index contributed by atoms with van der Waals surface area (Å²) in [4.78, 5) is 0. The summed E-state index contributed by atoms with van der Waals surface area (Å²) in [5.74, 6) is -5.96. The number of halogens is 13. The molecule has 0 heterocycles. The van der Waals surface area contributed by atoms with Crippen LogP contribution in [0.1, 0.15) is 0 Å². The highest BCUT2D eigenvalue weighted by Gasteiger charge is 2.77. The molecule has 0 radical (unpaired) electrons. The van der Waals surface area contributed by atoms with Crippen molar-refractivity contribution in [2.45, 2.75) is 34.9 Å². The summed E-state index contributed by atoms with van der Waals surface area (Å²) in [5.41, 5.74) is 0. The first-order valence-electron chi connectivity index (χ1n) is 4.41. The van der Waals surface area contributed by atoms with E-state index in [0.717, 1.165) is 0 Å². The molecule has 0 aromatic rings. The molecule has 0 fully saturated rings. The number of alkyl halides is 13. The van der Waals surface area contributed by atoms with Crippen LogP contribution in [0, 0.1) is 0 Å². The number of rotatable bonds is 5. The van der Waals surface area contributed by atoms with Gasteiger partial charge in [-0.1, -0.05) is 11.6 Å². The summed E-state index contributed by atoms with van der Waals surface area (Å²) in [6.07, 6.45) is -17.3. The summed E-state index contributed by atoms with van der Waals surface area (Å²) < 4.78 is 139. The average molecular weight is 383 g/mol. The molecule has 3 unspecified atom stereocenters. The van der Waals surface area contributed by atoms with Crippen LogP contribution in [0.3, 0.4) is 0 Å². The maximum atomic E-state index is 13.6. The van der Waals surface area contributed by atoms with Crippen molar-refractivity contribution in [2.24, 2.45) is 0 Å². The second-order valence-corrected chi connectivity index (χ2v) is 4.52. The topological polar surface area (TPSA) is 9.23 Å². The second kappa shape index (κ2) is 5.76. The van der Waals surface area contributed by atoms with Crippen LogP contribution in [0.15, 0.2) is 0 Å². The standard InChI is InChI=1S/C7H3Cl2F11O/c8-6(18,7(9,19)20)4(14,2(10)5(15,16)17)21-1-3(11,12)13/h2H,1H2. The van der Waals surface area contributed by atoms with Gasteiger partial charge in [0.05, 0.1) is 0 Å². The lowest BCUT2D eigenvalue weighted by Crippen LogP contribution is -2.63. The Morgan fingerprint density at radius 3 is 1.43 bits per heavy atom. The summed E-state index contributed by atoms with van der Waals surface area (Å²) in [6.45, 7) is -3.04. The van der Waals surface area contributed by atoms with Gasteiger partial charge in [0.1, 0.15) is 6.61 Å². The Labute approximate surface area is 118 Å². The second-order valence-electron chi connectivity index (χ2n) is 3.53. The van der Waals surface area contributed by atoms with Crippen molar-refractivity contribution in [3.05, 3.63) is 0 Å². The Bertz CT molecular complexity index is 359. The zero-order valence-corrected chi connectivity index (χ0v) is 10.6. The molecule has 3 atom stereocenters. The van der Waals surface area contributed by atoms with Crippen molar-refractivity contribution >= 4 is 23.2 Å². The Balaban J connectivity index is 5.79. The maximum absolute atomic E-state index is 13.6. The van der Waals surface area contributed by atoms with Crippen LogP contribution in [-0.2, 0) is 4.74 Å². The van der Waals surface area contributed by atoms with Gasteiger partial charge in [-0.25, -0.2) is 13.2 Å². The maximum Gasteiger partial charge on any atom is 0.425 e. The van der Waals surface area contributed by atoms with Crippen LogP contribution in [0.25, 0.3) is 0 Å². The van der Waals surface area contributed by atoms with E-state index in [1.165, 1.54) is 0 Å². The number of ether oxygens (including phenoxy) is 1. The van der Waals surface area contributed by atoms with E-state index in [-0.39, 0.29) is 0 Å². The third-order valence-corrected chi connectivity index (χ3v) is 2.70. The van der Waals surface area contributed by atoms with Gasteiger partial charge in [0.25, 0.3) is 6.17 Å². The molecule has 0 aliphatic rings. The quantitative estimate of drug-likeness (QED) is 0.487. The van der Waals surface area contributed by atoms with E-state index in [0.29, 0.717) is 0 Å². The molecule has 0 N–H and O–H groups in total. The molecule has 0 rings (SSSR count). The molecule has 0 saturated carbocycles. The van der Waals surface area contributed by atoms with E-state index in [4.69, 9.17) is 0 Å². The Kier molecular flexibility index (Phi) is 5.70. The lowest BCUT2D eigenvalue weighted by Gasteiger charge is -2.38. The fraction of sp³-hybridized carbons (Fsp3) is 1.00. The van der Waals surface area contributed by atoms with Crippen LogP contribution in [0.2, 0.25) is 0 Å². The predicted octanol–water partition coefficient (Wildman–Crippen LogP) is 4.87. The zero-order valence-electron chi connectivity index (χ0n) is 9.11. The lowest BCUT2D eigenvalue weighted by molar-refractivity contribution is -0.345. The predicted molar refractivity (Wildman–Crippen MR) is 47.3 cm³/mol. The van der Waals surface area contributed by atoms with E-state index in [2.05, 4.69) is 27.9 Å². The van der Waals surface area contributed by atoms with Crippen molar-refractivity contribution in [1.29, 1.82) is 0 Å². The van der Waals surface area contributed by atoms with Gasteiger partial charge in [-0.3, -0.25) is 0 Å². The van der Waals surface area contributed by atoms with Crippen molar-refractivity contribution in [2.75, 3.05) is 6.61 Å². The first kappa shape index (κ1) is 20.8. The summed E-state index contributed by atoms with van der Waals surface area (Å²) >= 11 is 7.97. The molecule has 0 spiro atoms. The minimum atomic E-state index is -6.41. The minimum absolute atomic E-state index is 2.72. The largest absolute Gasteiger partial charge is 0.425 e. The Morgan fingerprint density at radius 1 is 0.810 bits per heavy atom. The van der Waals surface area contributed by atoms with Gasteiger partial charge in [0, 0.05) is 0 Å². The third-order valence-electron chi connectivity index (χ3n) is 1.84. The van der Waals surface area contributed by atoms with Gasteiger partial charge in [0.2, 0.25) is 0 Å². The monoisotopic (exact) mass is 382 g/mol. The van der Waals surface area contributed by atoms with Gasteiger partial charge in [-0.15, -0.1) is 0 Å². The normalized spacial score (nSPS) is 21.6. The van der Waals surface area contributed by atoms with E-state index < -0.39 is 41.5 Å². The molecule has 0 aliphatic carbocycles. The van der Waals surface area contributed by atoms with Crippen molar-refractivity contribution in [3.63, 3.8) is 0 Å². The molecular formula is C7H3Cl2F11O. The van der Waals surface area contributed by atoms with E-state index >= 15 is 0 Å². The Morgan fingerprint density at radius 2 is 1.19 bits per heavy atom. The highest BCUT2D eigenvalue weighted by molar-refractivity contribution is 6.33. The molecule has 0 aliphatic heterocycles. The van der Waals surface area contributed by atoms with E-state index in [1.54, 1.807) is 0 Å². The van der Waals surface area contributed by atoms with Gasteiger partial charge in [-0.05, 0) is 11.6 Å². The Hall–Kier alpha value is -0.230. The molecule has 0 aromatic heterocycles. The van der Waals surface area contributed by atoms with Crippen molar-refractivity contribution in [3.8, 4) is 0 Å². The summed E-state index contributed by atoms with van der Waals surface area (Å²) in [6, 6.07) is 0. The molecule has 14 heteroatoms. The van der Waals surface area contributed by atoms with Crippen molar-refractivity contribution < 1.29 is 53.0 Å². The molecule has 0 amide bonds. The molecule has 0 saturated heterocycles. The highest BCUT2D eigenvalue weighted by atomic mass is 35.5. The highest BCUT2D eigenvalue weighted by Crippen LogP contribution is 2.54. The number of hydrogen-bond donors (Lipinski definition) is 0. The van der Waals surface area contributed by atoms with E-state index in [9.17, 15) is 48.3 Å². The summed E-state index contributed by atoms with van der Waals surface area (Å²) in [7, 11) is 0. The average Bonchev–Trinajstić information content (AvgIpc) is 2.20. The molecule has 0 aromatic carbocycles. The fourth-order valence-electron chi connectivity index (χ4n) is 0.914. The molecular weight excluding hydrogens is 380 g/mol. The van der Waals surface area contributed by atoms with E-state index in [1.807, 2.05) is 0 Å². The van der Waals surface area contributed by atoms with Gasteiger partial charge < -0.3 is 4.74 Å². The first-order chi connectivity index (χ1) is 8.86. The van der Waals surface area contributed by atoms with Crippen LogP contribution < -0.4 is 0 Å². The van der Waals surface area contributed by atoms with Gasteiger partial charge in [0.15, 0.2) is 0 Å².